The molecule has 0 aliphatic rings. The number of carbonyl (C=O) groups excluding carboxylic acids is 1. The highest BCUT2D eigenvalue weighted by atomic mass is 16.1. The largest absolute Gasteiger partial charge is 0.348 e. The lowest BCUT2D eigenvalue weighted by atomic mass is 10.2. The van der Waals surface area contributed by atoms with Crippen molar-refractivity contribution in [2.75, 3.05) is 0 Å². The molecule has 3 aromatic rings. The van der Waals surface area contributed by atoms with Crippen LogP contribution in [0.5, 0.6) is 0 Å². The minimum Gasteiger partial charge on any atom is -0.348 e. The fourth-order valence-electron chi connectivity index (χ4n) is 2.59. The third kappa shape index (κ3) is 3.08. The molecule has 1 N–H and O–H groups in total. The zero-order chi connectivity index (χ0) is 16.6. The van der Waals surface area contributed by atoms with Gasteiger partial charge in [-0.25, -0.2) is 9.50 Å². The Hall–Kier alpha value is -2.70. The topological polar surface area (TPSA) is 77.1 Å². The average molecular weight is 312 g/mol. The molecule has 23 heavy (non-hydrogen) atoms. The predicted octanol–water partition coefficient (Wildman–Crippen LogP) is 1.67. The van der Waals surface area contributed by atoms with Crippen molar-refractivity contribution in [1.29, 1.82) is 0 Å². The van der Waals surface area contributed by atoms with E-state index in [1.54, 1.807) is 16.9 Å². The molecule has 3 heterocycles. The minimum absolute atomic E-state index is 0.0547. The molecule has 7 nitrogen and oxygen atoms in total. The SMILES string of the molecule is Cc1cnc2c(C(=O)N[C@H](C)Cn3nc(C)cc3C)cnn2c1. The van der Waals surface area contributed by atoms with Crippen LogP contribution in [0.25, 0.3) is 5.65 Å². The highest BCUT2D eigenvalue weighted by Gasteiger charge is 2.17. The van der Waals surface area contributed by atoms with E-state index in [1.807, 2.05) is 44.6 Å². The van der Waals surface area contributed by atoms with Gasteiger partial charge in [-0.15, -0.1) is 0 Å². The lowest BCUT2D eigenvalue weighted by Crippen LogP contribution is -2.36. The third-order valence-corrected chi connectivity index (χ3v) is 3.66. The van der Waals surface area contributed by atoms with Gasteiger partial charge in [0.25, 0.3) is 5.91 Å². The Balaban J connectivity index is 1.74. The van der Waals surface area contributed by atoms with Crippen LogP contribution in [-0.4, -0.2) is 36.3 Å². The number of carbonyl (C=O) groups is 1. The number of fused-ring (bicyclic) bond motifs is 1. The highest BCUT2D eigenvalue weighted by Crippen LogP contribution is 2.09. The molecular formula is C16H20N6O. The summed E-state index contributed by atoms with van der Waals surface area (Å²) in [5.74, 6) is -0.176. The van der Waals surface area contributed by atoms with Crippen molar-refractivity contribution in [3.8, 4) is 0 Å². The first-order valence-corrected chi connectivity index (χ1v) is 7.56. The standard InChI is InChI=1S/C16H20N6O/c1-10-6-17-15-14(7-18-22(15)8-10)16(23)19-12(3)9-21-13(4)5-11(2)20-21/h5-8,12H,9H2,1-4H3,(H,19,23)/t12-/m1/s1. The van der Waals surface area contributed by atoms with Crippen LogP contribution in [0.1, 0.15) is 34.2 Å². The van der Waals surface area contributed by atoms with Crippen molar-refractivity contribution in [1.82, 2.24) is 29.7 Å². The number of hydrogen-bond acceptors (Lipinski definition) is 4. The Morgan fingerprint density at radius 1 is 1.30 bits per heavy atom. The van der Waals surface area contributed by atoms with E-state index >= 15 is 0 Å². The summed E-state index contributed by atoms with van der Waals surface area (Å²) in [6.07, 6.45) is 5.12. The molecule has 1 atom stereocenters. The molecule has 0 unspecified atom stereocenters. The third-order valence-electron chi connectivity index (χ3n) is 3.66. The lowest BCUT2D eigenvalue weighted by molar-refractivity contribution is 0.0937. The van der Waals surface area contributed by atoms with Gasteiger partial charge >= 0.3 is 0 Å². The Bertz CT molecular complexity index is 863. The molecule has 0 bridgehead atoms. The highest BCUT2D eigenvalue weighted by molar-refractivity contribution is 5.99. The second kappa shape index (κ2) is 5.83. The molecule has 7 heteroatoms. The number of aryl methyl sites for hydroxylation is 3. The molecule has 120 valence electrons. The van der Waals surface area contributed by atoms with E-state index in [4.69, 9.17) is 0 Å². The van der Waals surface area contributed by atoms with E-state index in [-0.39, 0.29) is 11.9 Å². The van der Waals surface area contributed by atoms with Gasteiger partial charge in [-0.1, -0.05) is 0 Å². The van der Waals surface area contributed by atoms with Crippen LogP contribution >= 0.6 is 0 Å². The molecule has 0 saturated carbocycles. The van der Waals surface area contributed by atoms with Crippen molar-refractivity contribution >= 4 is 11.6 Å². The number of nitrogens with zero attached hydrogens (tertiary/aromatic N) is 5. The molecule has 3 rings (SSSR count). The molecule has 0 aliphatic carbocycles. The van der Waals surface area contributed by atoms with Gasteiger partial charge in [-0.05, 0) is 39.3 Å². The summed E-state index contributed by atoms with van der Waals surface area (Å²) in [6, 6.07) is 1.97. The van der Waals surface area contributed by atoms with Crippen LogP contribution in [-0.2, 0) is 6.54 Å². The summed E-state index contributed by atoms with van der Waals surface area (Å²) < 4.78 is 3.52. The molecule has 0 saturated heterocycles. The van der Waals surface area contributed by atoms with Gasteiger partial charge in [0.2, 0.25) is 0 Å². The van der Waals surface area contributed by atoms with E-state index in [0.29, 0.717) is 17.8 Å². The van der Waals surface area contributed by atoms with Crippen molar-refractivity contribution in [3.05, 3.63) is 47.2 Å². The van der Waals surface area contributed by atoms with Crippen molar-refractivity contribution in [3.63, 3.8) is 0 Å². The molecule has 3 aromatic heterocycles. The first-order valence-electron chi connectivity index (χ1n) is 7.56. The number of amides is 1. The van der Waals surface area contributed by atoms with Crippen molar-refractivity contribution in [2.45, 2.75) is 40.3 Å². The lowest BCUT2D eigenvalue weighted by Gasteiger charge is -2.14. The minimum atomic E-state index is -0.176. The zero-order valence-corrected chi connectivity index (χ0v) is 13.7. The average Bonchev–Trinajstić information content (AvgIpc) is 3.01. The van der Waals surface area contributed by atoms with Gasteiger partial charge in [-0.3, -0.25) is 9.48 Å². The monoisotopic (exact) mass is 312 g/mol. The van der Waals surface area contributed by atoms with E-state index in [1.165, 1.54) is 0 Å². The molecule has 0 radical (unpaired) electrons. The summed E-state index contributed by atoms with van der Waals surface area (Å²) in [4.78, 5) is 16.8. The van der Waals surface area contributed by atoms with E-state index in [9.17, 15) is 4.79 Å². The fraction of sp³-hybridized carbons (Fsp3) is 0.375. The Morgan fingerprint density at radius 3 is 2.78 bits per heavy atom. The maximum Gasteiger partial charge on any atom is 0.257 e. The second-order valence-electron chi connectivity index (χ2n) is 5.94. The van der Waals surface area contributed by atoms with Gasteiger partial charge in [0.05, 0.1) is 18.4 Å². The van der Waals surface area contributed by atoms with Crippen LogP contribution in [0.2, 0.25) is 0 Å². The summed E-state index contributed by atoms with van der Waals surface area (Å²) in [7, 11) is 0. The maximum absolute atomic E-state index is 12.5. The zero-order valence-electron chi connectivity index (χ0n) is 13.7. The Kier molecular flexibility index (Phi) is 3.85. The number of rotatable bonds is 4. The molecule has 0 aromatic carbocycles. The fourth-order valence-corrected chi connectivity index (χ4v) is 2.59. The van der Waals surface area contributed by atoms with Crippen LogP contribution < -0.4 is 5.32 Å². The van der Waals surface area contributed by atoms with Gasteiger partial charge in [-0.2, -0.15) is 10.2 Å². The quantitative estimate of drug-likeness (QED) is 0.795. The second-order valence-corrected chi connectivity index (χ2v) is 5.94. The number of nitrogens with one attached hydrogen (secondary N) is 1. The molecule has 0 aliphatic heterocycles. The smallest absolute Gasteiger partial charge is 0.257 e. The molecule has 0 spiro atoms. The van der Waals surface area contributed by atoms with Gasteiger partial charge in [0, 0.05) is 24.1 Å². The summed E-state index contributed by atoms with van der Waals surface area (Å²) in [5.41, 5.74) is 4.09. The Morgan fingerprint density at radius 2 is 2.09 bits per heavy atom. The van der Waals surface area contributed by atoms with E-state index in [0.717, 1.165) is 17.0 Å². The number of aromatic nitrogens is 5. The van der Waals surface area contributed by atoms with Crippen LogP contribution in [0, 0.1) is 20.8 Å². The molecule has 0 fully saturated rings. The van der Waals surface area contributed by atoms with Crippen LogP contribution in [0.4, 0.5) is 0 Å². The predicted molar refractivity (Wildman–Crippen MR) is 86.4 cm³/mol. The van der Waals surface area contributed by atoms with E-state index in [2.05, 4.69) is 20.5 Å². The first-order chi connectivity index (χ1) is 10.9. The maximum atomic E-state index is 12.5. The van der Waals surface area contributed by atoms with Crippen molar-refractivity contribution in [2.24, 2.45) is 0 Å². The van der Waals surface area contributed by atoms with Gasteiger partial charge < -0.3 is 5.32 Å². The van der Waals surface area contributed by atoms with Crippen molar-refractivity contribution < 1.29 is 4.79 Å². The van der Waals surface area contributed by atoms with Crippen LogP contribution in [0.3, 0.4) is 0 Å². The normalized spacial score (nSPS) is 12.5. The van der Waals surface area contributed by atoms with Crippen LogP contribution in [0.15, 0.2) is 24.7 Å². The van der Waals surface area contributed by atoms with Gasteiger partial charge in [0.15, 0.2) is 5.65 Å². The number of hydrogen-bond donors (Lipinski definition) is 1. The molecule has 1 amide bonds. The summed E-state index contributed by atoms with van der Waals surface area (Å²) in [5, 5.41) is 11.6. The van der Waals surface area contributed by atoms with E-state index < -0.39 is 0 Å². The first kappa shape index (κ1) is 15.2. The van der Waals surface area contributed by atoms with Gasteiger partial charge in [0.1, 0.15) is 5.56 Å². The summed E-state index contributed by atoms with van der Waals surface area (Å²) in [6.45, 7) is 8.48. The Labute approximate surface area is 134 Å². The molecular weight excluding hydrogens is 292 g/mol. The summed E-state index contributed by atoms with van der Waals surface area (Å²) >= 11 is 0.